The minimum absolute atomic E-state index is 0.0153. The van der Waals surface area contributed by atoms with Crippen molar-refractivity contribution < 1.29 is 23.6 Å². The van der Waals surface area contributed by atoms with E-state index in [0.29, 0.717) is 34.1 Å². The van der Waals surface area contributed by atoms with Gasteiger partial charge in [0.25, 0.3) is 11.6 Å². The molecule has 1 N–H and O–H groups in total. The first kappa shape index (κ1) is 20.6. The average Bonchev–Trinajstić information content (AvgIpc) is 3.21. The van der Waals surface area contributed by atoms with Crippen LogP contribution in [0.3, 0.4) is 0 Å². The summed E-state index contributed by atoms with van der Waals surface area (Å²) in [5, 5.41) is 14.8. The normalized spacial score (nSPS) is 10.8. The van der Waals surface area contributed by atoms with Crippen molar-refractivity contribution in [3.8, 4) is 22.8 Å². The summed E-state index contributed by atoms with van der Waals surface area (Å²) in [5.74, 6) is 1.47. The molecule has 0 aliphatic heterocycles. The molecule has 1 heterocycles. The molecule has 0 unspecified atom stereocenters. The highest BCUT2D eigenvalue weighted by Gasteiger charge is 2.12. The van der Waals surface area contributed by atoms with Gasteiger partial charge >= 0.3 is 0 Å². The molecule has 0 bridgehead atoms. The maximum Gasteiger partial charge on any atom is 0.271 e. The minimum Gasteiger partial charge on any atom is -0.497 e. The van der Waals surface area contributed by atoms with Crippen LogP contribution in [0.15, 0.2) is 58.0 Å². The van der Waals surface area contributed by atoms with E-state index in [-0.39, 0.29) is 5.69 Å². The number of benzene rings is 2. The Labute approximate surface area is 172 Å². The highest BCUT2D eigenvalue weighted by atomic mass is 16.6. The molecule has 1 amide bonds. The van der Waals surface area contributed by atoms with Crippen molar-refractivity contribution in [2.75, 3.05) is 14.2 Å². The van der Waals surface area contributed by atoms with Gasteiger partial charge in [-0.25, -0.2) is 5.43 Å². The number of hydrazone groups is 1. The predicted molar refractivity (Wildman–Crippen MR) is 110 cm³/mol. The summed E-state index contributed by atoms with van der Waals surface area (Å²) >= 11 is 0. The Hall–Kier alpha value is -4.14. The molecular formula is C21H19N3O6. The Morgan fingerprint density at radius 1 is 1.10 bits per heavy atom. The molecule has 3 rings (SSSR count). The number of amides is 1. The van der Waals surface area contributed by atoms with Crippen molar-refractivity contribution in [2.45, 2.75) is 6.92 Å². The molecule has 30 heavy (non-hydrogen) atoms. The predicted octanol–water partition coefficient (Wildman–Crippen LogP) is 3.94. The Bertz CT molecular complexity index is 1100. The van der Waals surface area contributed by atoms with Crippen molar-refractivity contribution in [2.24, 2.45) is 5.10 Å². The van der Waals surface area contributed by atoms with Gasteiger partial charge in [-0.2, -0.15) is 5.10 Å². The quantitative estimate of drug-likeness (QED) is 0.359. The van der Waals surface area contributed by atoms with Crippen LogP contribution in [0.2, 0.25) is 0 Å². The molecule has 0 aliphatic carbocycles. The third kappa shape index (κ3) is 4.64. The van der Waals surface area contributed by atoms with Crippen LogP contribution in [0, 0.1) is 17.0 Å². The number of furan rings is 1. The number of non-ortho nitro benzene ring substituents is 1. The highest BCUT2D eigenvalue weighted by Crippen LogP contribution is 2.28. The molecule has 154 valence electrons. The first-order chi connectivity index (χ1) is 14.4. The molecule has 9 heteroatoms. The molecule has 1 aromatic heterocycles. The van der Waals surface area contributed by atoms with Crippen molar-refractivity contribution in [3.05, 3.63) is 75.5 Å². The Balaban J connectivity index is 1.71. The zero-order chi connectivity index (χ0) is 21.7. The third-order valence-electron chi connectivity index (χ3n) is 4.28. The van der Waals surface area contributed by atoms with Crippen molar-refractivity contribution in [3.63, 3.8) is 0 Å². The van der Waals surface area contributed by atoms with Gasteiger partial charge in [-0.15, -0.1) is 0 Å². The van der Waals surface area contributed by atoms with Gasteiger partial charge in [0, 0.05) is 29.3 Å². The number of nitrogens with zero attached hydrogens (tertiary/aromatic N) is 2. The van der Waals surface area contributed by atoms with E-state index in [0.717, 1.165) is 5.56 Å². The summed E-state index contributed by atoms with van der Waals surface area (Å²) in [6, 6.07) is 12.7. The smallest absolute Gasteiger partial charge is 0.271 e. The van der Waals surface area contributed by atoms with Gasteiger partial charge in [0.05, 0.1) is 25.4 Å². The number of carbonyl (C=O) groups excluding carboxylic acids is 1. The number of methoxy groups -OCH3 is 2. The van der Waals surface area contributed by atoms with Crippen LogP contribution >= 0.6 is 0 Å². The maximum atomic E-state index is 12.3. The van der Waals surface area contributed by atoms with Crippen molar-refractivity contribution in [1.29, 1.82) is 0 Å². The lowest BCUT2D eigenvalue weighted by Gasteiger charge is -2.07. The zero-order valence-corrected chi connectivity index (χ0v) is 16.5. The number of aryl methyl sites for hydroxylation is 1. The van der Waals surface area contributed by atoms with Crippen LogP contribution in [0.4, 0.5) is 5.69 Å². The number of nitro groups is 1. The maximum absolute atomic E-state index is 12.3. The number of ether oxygens (including phenoxy) is 2. The molecule has 0 radical (unpaired) electrons. The lowest BCUT2D eigenvalue weighted by molar-refractivity contribution is -0.384. The molecule has 9 nitrogen and oxygen atoms in total. The number of rotatable bonds is 7. The van der Waals surface area contributed by atoms with Crippen LogP contribution in [-0.4, -0.2) is 31.3 Å². The first-order valence-corrected chi connectivity index (χ1v) is 8.83. The van der Waals surface area contributed by atoms with Crippen LogP contribution < -0.4 is 14.9 Å². The van der Waals surface area contributed by atoms with Gasteiger partial charge in [0.15, 0.2) is 0 Å². The zero-order valence-electron chi connectivity index (χ0n) is 16.5. The summed E-state index contributed by atoms with van der Waals surface area (Å²) in [6.45, 7) is 1.77. The van der Waals surface area contributed by atoms with E-state index < -0.39 is 10.8 Å². The summed E-state index contributed by atoms with van der Waals surface area (Å²) in [6.07, 6.45) is 1.36. The second kappa shape index (κ2) is 8.91. The molecule has 0 atom stereocenters. The van der Waals surface area contributed by atoms with Gasteiger partial charge in [-0.05, 0) is 42.8 Å². The van der Waals surface area contributed by atoms with E-state index in [4.69, 9.17) is 13.9 Å². The summed E-state index contributed by atoms with van der Waals surface area (Å²) in [5.41, 5.74) is 4.19. The molecule has 0 aliphatic rings. The topological polar surface area (TPSA) is 116 Å². The molecule has 0 saturated carbocycles. The number of nitrogens with one attached hydrogen (secondary N) is 1. The van der Waals surface area contributed by atoms with Crippen molar-refractivity contribution >= 4 is 17.8 Å². The van der Waals surface area contributed by atoms with Gasteiger partial charge in [0.1, 0.15) is 23.0 Å². The number of hydrogen-bond donors (Lipinski definition) is 1. The van der Waals surface area contributed by atoms with Crippen LogP contribution in [0.25, 0.3) is 11.3 Å². The van der Waals surface area contributed by atoms with Crippen LogP contribution in [0.1, 0.15) is 21.7 Å². The van der Waals surface area contributed by atoms with Gasteiger partial charge < -0.3 is 13.9 Å². The molecule has 0 saturated heterocycles. The lowest BCUT2D eigenvalue weighted by Crippen LogP contribution is -2.17. The van der Waals surface area contributed by atoms with E-state index >= 15 is 0 Å². The fourth-order valence-electron chi connectivity index (χ4n) is 2.76. The van der Waals surface area contributed by atoms with Crippen molar-refractivity contribution in [1.82, 2.24) is 5.43 Å². The van der Waals surface area contributed by atoms with E-state index in [1.807, 2.05) is 0 Å². The van der Waals surface area contributed by atoms with E-state index in [2.05, 4.69) is 10.5 Å². The van der Waals surface area contributed by atoms with Crippen LogP contribution in [-0.2, 0) is 0 Å². The monoisotopic (exact) mass is 409 g/mol. The SMILES string of the molecule is COc1cc(OC)cc(C(=O)N/N=C\c2ccc(-c3ccc([N+](=O)[O-])cc3C)o2)c1. The summed E-state index contributed by atoms with van der Waals surface area (Å²) in [4.78, 5) is 22.7. The summed E-state index contributed by atoms with van der Waals surface area (Å²) < 4.78 is 16.0. The molecule has 2 aromatic carbocycles. The van der Waals surface area contributed by atoms with Gasteiger partial charge in [-0.3, -0.25) is 14.9 Å². The fraction of sp³-hybridized carbons (Fsp3) is 0.143. The lowest BCUT2D eigenvalue weighted by atomic mass is 10.1. The molecule has 3 aromatic rings. The number of nitro benzene ring substituents is 1. The van der Waals surface area contributed by atoms with E-state index in [9.17, 15) is 14.9 Å². The van der Waals surface area contributed by atoms with Crippen LogP contribution in [0.5, 0.6) is 11.5 Å². The third-order valence-corrected chi connectivity index (χ3v) is 4.28. The summed E-state index contributed by atoms with van der Waals surface area (Å²) in [7, 11) is 2.99. The second-order valence-electron chi connectivity index (χ2n) is 6.26. The van der Waals surface area contributed by atoms with Gasteiger partial charge in [0.2, 0.25) is 0 Å². The standard InChI is InChI=1S/C21H19N3O6/c1-13-8-15(24(26)27)4-6-19(13)20-7-5-16(30-20)12-22-23-21(25)14-9-17(28-2)11-18(10-14)29-3/h4-12H,1-3H3,(H,23,25)/b22-12-. The minimum atomic E-state index is -0.447. The highest BCUT2D eigenvalue weighted by molar-refractivity contribution is 5.95. The molecule has 0 spiro atoms. The van der Waals surface area contributed by atoms with Gasteiger partial charge in [-0.1, -0.05) is 0 Å². The Morgan fingerprint density at radius 2 is 1.80 bits per heavy atom. The number of carbonyl (C=O) groups is 1. The second-order valence-corrected chi connectivity index (χ2v) is 6.26. The average molecular weight is 409 g/mol. The number of hydrogen-bond acceptors (Lipinski definition) is 7. The molecule has 0 fully saturated rings. The van der Waals surface area contributed by atoms with E-state index in [1.54, 1.807) is 43.3 Å². The Kier molecular flexibility index (Phi) is 6.11. The largest absolute Gasteiger partial charge is 0.497 e. The Morgan fingerprint density at radius 3 is 2.40 bits per heavy atom. The van der Waals surface area contributed by atoms with E-state index in [1.165, 1.54) is 32.6 Å². The molecular weight excluding hydrogens is 390 g/mol. The fourth-order valence-corrected chi connectivity index (χ4v) is 2.76. The first-order valence-electron chi connectivity index (χ1n) is 8.83.